The highest BCUT2D eigenvalue weighted by Crippen LogP contribution is 2.50. The van der Waals surface area contributed by atoms with Crippen molar-refractivity contribution in [2.75, 3.05) is 0 Å². The number of phosphoric acid groups is 1. The van der Waals surface area contributed by atoms with Crippen molar-refractivity contribution in [2.24, 2.45) is 0 Å². The molecule has 23 heteroatoms. The predicted octanol–water partition coefficient (Wildman–Crippen LogP) is 12.5. The Labute approximate surface area is 498 Å². The van der Waals surface area contributed by atoms with Gasteiger partial charge in [-0.2, -0.15) is 30.3 Å². The topological polar surface area (TPSA) is 298 Å². The minimum Gasteiger partial charge on any atom is -0.351 e. The van der Waals surface area contributed by atoms with Crippen LogP contribution < -0.4 is 32.4 Å². The van der Waals surface area contributed by atoms with Crippen molar-refractivity contribution in [1.82, 2.24) is 32.4 Å². The van der Waals surface area contributed by atoms with Crippen molar-refractivity contribution >= 4 is 42.6 Å². The van der Waals surface area contributed by atoms with Crippen LogP contribution in [0.15, 0.2) is 146 Å². The summed E-state index contributed by atoms with van der Waals surface area (Å²) in [5.41, 5.74) is 7.43. The van der Waals surface area contributed by atoms with Crippen LogP contribution in [-0.2, 0) is 49.4 Å². The number of benzene rings is 6. The van der Waals surface area contributed by atoms with Gasteiger partial charge in [-0.3, -0.25) is 44.7 Å². The van der Waals surface area contributed by atoms with Gasteiger partial charge in [-0.05, 0) is 146 Å². The normalized spacial score (nSPS) is 17.4. The smallest absolute Gasteiger partial charge is 0.351 e. The Hall–Kier alpha value is -8.08. The van der Waals surface area contributed by atoms with E-state index >= 15 is 4.57 Å². The fraction of sp³-hybridized carbons (Fsp3) is 0.381. The number of amides is 3. The molecule has 22 nitrogen and oxygen atoms in total. The zero-order valence-corrected chi connectivity index (χ0v) is 49.2. The van der Waals surface area contributed by atoms with Gasteiger partial charge in [0.05, 0.1) is 14.8 Å². The monoisotopic (exact) mass is 1190 g/mol. The fourth-order valence-electron chi connectivity index (χ4n) is 11.3. The molecule has 0 saturated heterocycles. The van der Waals surface area contributed by atoms with Crippen LogP contribution in [0.1, 0.15) is 134 Å². The van der Waals surface area contributed by atoms with Crippen molar-refractivity contribution in [2.45, 2.75) is 152 Å². The summed E-state index contributed by atoms with van der Waals surface area (Å²) in [5, 5.41) is 43.8. The number of carbonyl (C=O) groups is 3. The number of hydroxylamine groups is 3. The molecule has 6 aromatic carbocycles. The highest BCUT2D eigenvalue weighted by molar-refractivity contribution is 7.48. The Bertz CT molecular complexity index is 3050. The maximum Gasteiger partial charge on any atom is 0.524 e. The van der Waals surface area contributed by atoms with Crippen molar-refractivity contribution in [3.8, 4) is 33.4 Å². The fourth-order valence-corrected chi connectivity index (χ4v) is 12.2. The van der Waals surface area contributed by atoms with Gasteiger partial charge < -0.3 is 16.0 Å². The number of carbonyl (C=O) groups excluding carboxylic acids is 3. The maximum atomic E-state index is 16.0. The van der Waals surface area contributed by atoms with Gasteiger partial charge in [-0.1, -0.05) is 131 Å². The standard InChI is InChI=1S/C63H72N9O13P/c1-61(58(73)64-52-13-7-4-8-14-52,49-31-19-43(20-32-49)46-25-37-55(38-26-46)70(76)77)67-83-86(82,84-68-62(2,59(74)65-53-15-9-5-10-16-53)50-33-21-44(22-34-50)47-27-39-56(40-28-47)71(78)79)85-69-63(3,60(75)66-54-17-11-6-12-18-54)51-35-23-45(24-36-51)48-29-41-57(42-30-48)72(80)81/h19-42,52-54,67-69H,4-18H2,1-3H3,(H,64,73)(H,65,74)(H,66,75)/t61-,62-,63-/m0/s1. The van der Waals surface area contributed by atoms with E-state index in [0.29, 0.717) is 88.6 Å². The number of rotatable bonds is 24. The van der Waals surface area contributed by atoms with Gasteiger partial charge in [-0.25, -0.2) is 4.57 Å². The first-order chi connectivity index (χ1) is 41.2. The molecule has 0 radical (unpaired) electrons. The number of hydrogen-bond acceptors (Lipinski definition) is 16. The van der Waals surface area contributed by atoms with Gasteiger partial charge in [0.15, 0.2) is 0 Å². The minimum atomic E-state index is -5.37. The SMILES string of the molecule is C[C@@](NOP(=O)(ON[C@](C)(C(=O)NC1CCCCC1)c1ccc(-c2ccc([N+](=O)[O-])cc2)cc1)ON[C@](C)(C(=O)NC1CCCCC1)c1ccc(-c2ccc([N+](=O)[O-])cc2)cc1)(C(=O)NC1CCCCC1)c1ccc(-c2ccc([N+](=O)[O-])cc2)cc1. The second kappa shape index (κ2) is 27.5. The molecule has 3 amide bonds. The molecule has 0 bridgehead atoms. The van der Waals surface area contributed by atoms with Crippen LogP contribution in [0.4, 0.5) is 17.1 Å². The highest BCUT2D eigenvalue weighted by Gasteiger charge is 2.47. The van der Waals surface area contributed by atoms with E-state index in [-0.39, 0.29) is 35.2 Å². The van der Waals surface area contributed by atoms with Gasteiger partial charge in [0, 0.05) is 54.5 Å². The van der Waals surface area contributed by atoms with Gasteiger partial charge in [0.2, 0.25) is 17.7 Å². The molecule has 0 unspecified atom stereocenters. The van der Waals surface area contributed by atoms with E-state index in [1.807, 2.05) is 0 Å². The Balaban J connectivity index is 1.09. The molecule has 3 aliphatic rings. The molecule has 3 aliphatic carbocycles. The van der Waals surface area contributed by atoms with E-state index in [9.17, 15) is 44.7 Å². The number of nitrogens with one attached hydrogen (secondary N) is 6. The van der Waals surface area contributed by atoms with Gasteiger partial charge in [-0.15, -0.1) is 0 Å². The first-order valence-corrected chi connectivity index (χ1v) is 30.7. The number of nitro groups is 3. The zero-order chi connectivity index (χ0) is 61.1. The molecule has 0 aliphatic heterocycles. The van der Waals surface area contributed by atoms with Crippen LogP contribution in [0.25, 0.3) is 33.4 Å². The van der Waals surface area contributed by atoms with Crippen LogP contribution in [0.3, 0.4) is 0 Å². The van der Waals surface area contributed by atoms with Crippen LogP contribution in [-0.4, -0.2) is 50.6 Å². The molecule has 9 rings (SSSR count). The van der Waals surface area contributed by atoms with Crippen molar-refractivity contribution in [3.05, 3.63) is 193 Å². The van der Waals surface area contributed by atoms with Crippen LogP contribution >= 0.6 is 7.82 Å². The predicted molar refractivity (Wildman–Crippen MR) is 323 cm³/mol. The summed E-state index contributed by atoms with van der Waals surface area (Å²) in [6.07, 6.45) is 12.7. The number of non-ortho nitro benzene ring substituents is 3. The summed E-state index contributed by atoms with van der Waals surface area (Å²) in [6.45, 7) is 4.58. The van der Waals surface area contributed by atoms with E-state index in [2.05, 4.69) is 32.4 Å². The van der Waals surface area contributed by atoms with E-state index < -0.39 is 56.9 Å². The largest absolute Gasteiger partial charge is 0.524 e. The Kier molecular flexibility index (Phi) is 20.0. The average Bonchev–Trinajstić information content (AvgIpc) is 1.25. The van der Waals surface area contributed by atoms with Crippen LogP contribution in [0.5, 0.6) is 0 Å². The highest BCUT2D eigenvalue weighted by atomic mass is 31.2. The molecular formula is C63H72N9O13P. The molecule has 0 heterocycles. The first kappa shape index (κ1) is 62.5. The third-order valence-electron chi connectivity index (χ3n) is 16.9. The molecule has 86 heavy (non-hydrogen) atoms. The van der Waals surface area contributed by atoms with Crippen molar-refractivity contribution < 1.29 is 47.6 Å². The lowest BCUT2D eigenvalue weighted by atomic mass is 9.88. The van der Waals surface area contributed by atoms with Crippen LogP contribution in [0, 0.1) is 30.3 Å². The Morgan fingerprint density at radius 1 is 0.372 bits per heavy atom. The molecule has 0 aromatic heterocycles. The van der Waals surface area contributed by atoms with Crippen molar-refractivity contribution in [1.29, 1.82) is 0 Å². The lowest BCUT2D eigenvalue weighted by molar-refractivity contribution is -0.385. The van der Waals surface area contributed by atoms with Crippen LogP contribution in [0.2, 0.25) is 0 Å². The van der Waals surface area contributed by atoms with E-state index in [4.69, 9.17) is 13.9 Å². The summed E-state index contributed by atoms with van der Waals surface area (Å²) in [6, 6.07) is 37.8. The number of nitro benzene ring substituents is 3. The molecular weight excluding hydrogens is 1120 g/mol. The second-order valence-electron chi connectivity index (χ2n) is 23.0. The number of hydrogen-bond donors (Lipinski definition) is 6. The lowest BCUT2D eigenvalue weighted by Crippen LogP contribution is -2.57. The summed E-state index contributed by atoms with van der Waals surface area (Å²) >= 11 is 0. The van der Waals surface area contributed by atoms with E-state index in [1.165, 1.54) is 57.2 Å². The minimum absolute atomic E-state index is 0.0815. The molecule has 3 fully saturated rings. The number of nitrogens with zero attached hydrogens (tertiary/aromatic N) is 3. The van der Waals surface area contributed by atoms with Gasteiger partial charge in [0.1, 0.15) is 16.6 Å². The lowest BCUT2D eigenvalue weighted by Gasteiger charge is -2.36. The van der Waals surface area contributed by atoms with E-state index in [0.717, 1.165) is 57.8 Å². The maximum absolute atomic E-state index is 16.0. The first-order valence-electron chi connectivity index (χ1n) is 29.2. The zero-order valence-electron chi connectivity index (χ0n) is 48.3. The summed E-state index contributed by atoms with van der Waals surface area (Å²) in [5.74, 6) is -1.68. The molecule has 6 aromatic rings. The summed E-state index contributed by atoms with van der Waals surface area (Å²) < 4.78 is 34.6. The average molecular weight is 1190 g/mol. The van der Waals surface area contributed by atoms with Gasteiger partial charge in [0.25, 0.3) is 17.1 Å². The summed E-state index contributed by atoms with van der Waals surface area (Å²) in [7, 11) is -5.37. The summed E-state index contributed by atoms with van der Waals surface area (Å²) in [4.78, 5) is 77.7. The van der Waals surface area contributed by atoms with Crippen molar-refractivity contribution in [3.63, 3.8) is 0 Å². The molecule has 0 spiro atoms. The van der Waals surface area contributed by atoms with Gasteiger partial charge >= 0.3 is 7.82 Å². The molecule has 6 N–H and O–H groups in total. The third-order valence-corrected chi connectivity index (χ3v) is 17.8. The third kappa shape index (κ3) is 14.9. The quantitative estimate of drug-likeness (QED) is 0.0186. The second-order valence-corrected chi connectivity index (χ2v) is 24.4. The molecule has 3 saturated carbocycles. The molecule has 3 atom stereocenters. The Morgan fingerprint density at radius 2 is 0.570 bits per heavy atom. The molecule has 452 valence electrons. The Morgan fingerprint density at radius 3 is 0.767 bits per heavy atom. The van der Waals surface area contributed by atoms with E-state index in [1.54, 1.807) is 109 Å².